The molecule has 2 amide bonds. The van der Waals surface area contributed by atoms with Crippen molar-refractivity contribution in [1.82, 2.24) is 5.01 Å². The molecular weight excluding hydrogens is 416 g/mol. The minimum absolute atomic E-state index is 0.151. The number of carboxylic acid groups (broad SMARTS) is 1. The smallest absolute Gasteiger partial charge is 0.344 e. The molecule has 2 bridgehead atoms. The molecule has 0 radical (unpaired) electrons. The van der Waals surface area contributed by atoms with Crippen LogP contribution in [0.1, 0.15) is 18.9 Å². The molecule has 2 aliphatic carbocycles. The normalized spacial score (nSPS) is 29.6. The summed E-state index contributed by atoms with van der Waals surface area (Å²) in [5.41, 5.74) is 0.649. The number of halogens is 1. The summed E-state index contributed by atoms with van der Waals surface area (Å²) in [5.74, 6) is -1.38. The van der Waals surface area contributed by atoms with Crippen molar-refractivity contribution >= 4 is 39.9 Å². The van der Waals surface area contributed by atoms with Gasteiger partial charge in [-0.3, -0.25) is 9.59 Å². The number of carboxylic acids is 1. The average molecular weight is 433 g/mol. The van der Waals surface area contributed by atoms with Crippen LogP contribution in [0.15, 0.2) is 39.9 Å². The average Bonchev–Trinajstić information content (AvgIpc) is 3.30. The first kappa shape index (κ1) is 17.9. The number of hydrogen-bond donors (Lipinski definition) is 1. The quantitative estimate of drug-likeness (QED) is 0.437. The second-order valence-electron chi connectivity index (χ2n) is 7.02. The fourth-order valence-electron chi connectivity index (χ4n) is 4.06. The van der Waals surface area contributed by atoms with Gasteiger partial charge in [0.05, 0.1) is 22.5 Å². The summed E-state index contributed by atoms with van der Waals surface area (Å²) in [7, 11) is 0. The van der Waals surface area contributed by atoms with Crippen LogP contribution in [0.2, 0.25) is 0 Å². The first-order valence-electron chi connectivity index (χ1n) is 8.66. The molecule has 27 heavy (non-hydrogen) atoms. The summed E-state index contributed by atoms with van der Waals surface area (Å²) in [6.07, 6.45) is 5.43. The van der Waals surface area contributed by atoms with Crippen molar-refractivity contribution in [3.05, 3.63) is 40.4 Å². The number of aliphatic carboxylic acids is 1. The van der Waals surface area contributed by atoms with Crippen molar-refractivity contribution in [2.75, 3.05) is 0 Å². The van der Waals surface area contributed by atoms with Gasteiger partial charge in [-0.1, -0.05) is 12.2 Å². The third-order valence-corrected chi connectivity index (χ3v) is 6.00. The highest BCUT2D eigenvalue weighted by Crippen LogP contribution is 2.52. The number of imide groups is 1. The topological polar surface area (TPSA) is 96.3 Å². The van der Waals surface area contributed by atoms with Gasteiger partial charge in [0.1, 0.15) is 5.75 Å². The lowest BCUT2D eigenvalue weighted by atomic mass is 9.85. The molecule has 1 heterocycles. The van der Waals surface area contributed by atoms with E-state index in [9.17, 15) is 14.4 Å². The molecule has 1 saturated carbocycles. The molecule has 8 heteroatoms. The third kappa shape index (κ3) is 2.97. The van der Waals surface area contributed by atoms with E-state index in [-0.39, 0.29) is 35.5 Å². The molecule has 1 aliphatic heterocycles. The van der Waals surface area contributed by atoms with E-state index in [0.717, 1.165) is 11.4 Å². The highest BCUT2D eigenvalue weighted by Gasteiger charge is 2.59. The maximum absolute atomic E-state index is 12.6. The summed E-state index contributed by atoms with van der Waals surface area (Å²) in [6.45, 7) is 1.44. The lowest BCUT2D eigenvalue weighted by molar-refractivity contribution is -0.144. The Balaban J connectivity index is 1.49. The molecule has 5 unspecified atom stereocenters. The van der Waals surface area contributed by atoms with Gasteiger partial charge >= 0.3 is 5.97 Å². The van der Waals surface area contributed by atoms with Crippen LogP contribution < -0.4 is 4.74 Å². The molecule has 7 nitrogen and oxygen atoms in total. The van der Waals surface area contributed by atoms with E-state index in [4.69, 9.17) is 9.84 Å². The van der Waals surface area contributed by atoms with Gasteiger partial charge in [0.15, 0.2) is 6.10 Å². The van der Waals surface area contributed by atoms with E-state index in [1.54, 1.807) is 18.2 Å². The van der Waals surface area contributed by atoms with Gasteiger partial charge in [0.2, 0.25) is 0 Å². The number of hydrazone groups is 1. The zero-order valence-electron chi connectivity index (χ0n) is 14.4. The number of carbonyl (C=O) groups is 3. The van der Waals surface area contributed by atoms with E-state index < -0.39 is 12.1 Å². The van der Waals surface area contributed by atoms with E-state index in [1.165, 1.54) is 13.1 Å². The molecule has 140 valence electrons. The van der Waals surface area contributed by atoms with Crippen molar-refractivity contribution < 1.29 is 24.2 Å². The second-order valence-corrected chi connectivity index (χ2v) is 7.88. The number of fused-ring (bicyclic) bond motifs is 5. The van der Waals surface area contributed by atoms with Gasteiger partial charge in [-0.05, 0) is 64.9 Å². The number of nitrogens with zero attached hydrogens (tertiary/aromatic N) is 2. The third-order valence-electron chi connectivity index (χ3n) is 5.38. The second kappa shape index (κ2) is 6.60. The predicted molar refractivity (Wildman–Crippen MR) is 99.0 cm³/mol. The zero-order chi connectivity index (χ0) is 19.3. The monoisotopic (exact) mass is 432 g/mol. The Bertz CT molecular complexity index is 866. The van der Waals surface area contributed by atoms with Crippen molar-refractivity contribution in [3.8, 4) is 5.75 Å². The largest absolute Gasteiger partial charge is 0.479 e. The Hall–Kier alpha value is -2.48. The molecule has 2 fully saturated rings. The summed E-state index contributed by atoms with van der Waals surface area (Å²) >= 11 is 3.33. The Kier molecular flexibility index (Phi) is 4.38. The Morgan fingerprint density at radius 1 is 1.30 bits per heavy atom. The van der Waals surface area contributed by atoms with Crippen molar-refractivity contribution in [1.29, 1.82) is 0 Å². The van der Waals surface area contributed by atoms with Crippen molar-refractivity contribution in [2.24, 2.45) is 28.8 Å². The van der Waals surface area contributed by atoms with Crippen LogP contribution in [0, 0.1) is 23.7 Å². The minimum Gasteiger partial charge on any atom is -0.479 e. The van der Waals surface area contributed by atoms with Gasteiger partial charge in [-0.2, -0.15) is 10.1 Å². The lowest BCUT2D eigenvalue weighted by Crippen LogP contribution is -2.28. The summed E-state index contributed by atoms with van der Waals surface area (Å²) in [4.78, 5) is 36.1. The van der Waals surface area contributed by atoms with Crippen LogP contribution in [-0.4, -0.2) is 40.2 Å². The first-order chi connectivity index (χ1) is 12.9. The summed E-state index contributed by atoms with van der Waals surface area (Å²) in [6, 6.07) is 4.97. The van der Waals surface area contributed by atoms with E-state index in [2.05, 4.69) is 21.0 Å². The molecule has 0 aromatic heterocycles. The molecule has 5 atom stereocenters. The van der Waals surface area contributed by atoms with Crippen LogP contribution >= 0.6 is 15.9 Å². The number of rotatable bonds is 5. The Labute approximate surface area is 163 Å². The van der Waals surface area contributed by atoms with Gasteiger partial charge in [-0.15, -0.1) is 0 Å². The first-order valence-corrected chi connectivity index (χ1v) is 9.45. The predicted octanol–water partition coefficient (Wildman–Crippen LogP) is 2.44. The van der Waals surface area contributed by atoms with Crippen LogP contribution in [0.5, 0.6) is 5.75 Å². The summed E-state index contributed by atoms with van der Waals surface area (Å²) in [5, 5.41) is 14.0. The van der Waals surface area contributed by atoms with Crippen LogP contribution in [-0.2, 0) is 14.4 Å². The number of benzene rings is 1. The number of amides is 2. The fourth-order valence-corrected chi connectivity index (χ4v) is 4.55. The number of ether oxygens (including phenoxy) is 1. The standard InChI is InChI=1S/C19H17BrN2O5/c1-9(19(25)26)27-14-5-2-10(6-13(14)20)8-21-22-17(23)15-11-3-4-12(7-11)16(15)18(22)24/h2-6,8-9,11-12,15-16H,7H2,1H3,(H,25,26). The van der Waals surface area contributed by atoms with Gasteiger partial charge in [0, 0.05) is 0 Å². The van der Waals surface area contributed by atoms with Crippen molar-refractivity contribution in [2.45, 2.75) is 19.4 Å². The molecular formula is C19H17BrN2O5. The van der Waals surface area contributed by atoms with E-state index >= 15 is 0 Å². The van der Waals surface area contributed by atoms with Crippen LogP contribution in [0.25, 0.3) is 0 Å². The van der Waals surface area contributed by atoms with Crippen LogP contribution in [0.3, 0.4) is 0 Å². The number of hydrogen-bond acceptors (Lipinski definition) is 5. The summed E-state index contributed by atoms with van der Waals surface area (Å²) < 4.78 is 5.89. The fraction of sp³-hybridized carbons (Fsp3) is 0.368. The molecule has 3 aliphatic rings. The molecule has 1 aromatic carbocycles. The van der Waals surface area contributed by atoms with Crippen molar-refractivity contribution in [3.63, 3.8) is 0 Å². The highest BCUT2D eigenvalue weighted by atomic mass is 79.9. The number of carbonyl (C=O) groups excluding carboxylic acids is 2. The number of allylic oxidation sites excluding steroid dienone is 2. The SMILES string of the molecule is CC(Oc1ccc(C=NN2C(=O)C3C4C=CC(C4)C3C2=O)cc1Br)C(=O)O. The minimum atomic E-state index is -1.06. The highest BCUT2D eigenvalue weighted by molar-refractivity contribution is 9.10. The Morgan fingerprint density at radius 3 is 2.48 bits per heavy atom. The zero-order valence-corrected chi connectivity index (χ0v) is 16.0. The molecule has 0 spiro atoms. The van der Waals surface area contributed by atoms with E-state index in [0.29, 0.717) is 15.8 Å². The van der Waals surface area contributed by atoms with Gasteiger partial charge in [-0.25, -0.2) is 4.79 Å². The maximum atomic E-state index is 12.6. The molecule has 1 N–H and O–H groups in total. The van der Waals surface area contributed by atoms with Gasteiger partial charge in [0.25, 0.3) is 11.8 Å². The van der Waals surface area contributed by atoms with E-state index in [1.807, 2.05) is 12.2 Å². The lowest BCUT2D eigenvalue weighted by Gasteiger charge is -2.13. The van der Waals surface area contributed by atoms with Gasteiger partial charge < -0.3 is 9.84 Å². The molecule has 1 saturated heterocycles. The van der Waals surface area contributed by atoms with Crippen LogP contribution in [0.4, 0.5) is 0 Å². The Morgan fingerprint density at radius 2 is 1.93 bits per heavy atom. The maximum Gasteiger partial charge on any atom is 0.344 e. The molecule has 1 aromatic rings. The molecule has 4 rings (SSSR count).